The topological polar surface area (TPSA) is 97.5 Å². The first-order valence-electron chi connectivity index (χ1n) is 5.98. The summed E-state index contributed by atoms with van der Waals surface area (Å²) in [5.41, 5.74) is 5.91. The average Bonchev–Trinajstić information content (AvgIpc) is 2.50. The summed E-state index contributed by atoms with van der Waals surface area (Å²) < 4.78 is 49.2. The number of hydrogen-bond donors (Lipinski definition) is 1. The first-order chi connectivity index (χ1) is 9.22. The quantitative estimate of drug-likeness (QED) is 0.802. The summed E-state index contributed by atoms with van der Waals surface area (Å²) in [5, 5.41) is 0.0390. The zero-order valence-corrected chi connectivity index (χ0v) is 13.0. The second-order valence-corrected chi connectivity index (χ2v) is 9.22. The van der Waals surface area contributed by atoms with Crippen LogP contribution in [0.1, 0.15) is 6.42 Å². The van der Waals surface area contributed by atoms with E-state index in [4.69, 9.17) is 17.3 Å². The molecule has 20 heavy (non-hydrogen) atoms. The van der Waals surface area contributed by atoms with Crippen LogP contribution in [-0.4, -0.2) is 45.7 Å². The lowest BCUT2D eigenvalue weighted by Gasteiger charge is -2.20. The average molecular weight is 339 g/mol. The van der Waals surface area contributed by atoms with Crippen LogP contribution in [0.15, 0.2) is 23.1 Å². The van der Waals surface area contributed by atoms with E-state index in [2.05, 4.69) is 0 Å². The van der Waals surface area contributed by atoms with Crippen molar-refractivity contribution in [2.75, 3.05) is 30.3 Å². The molecular formula is C11H15ClN2O4S2. The van der Waals surface area contributed by atoms with Crippen molar-refractivity contribution >= 4 is 37.1 Å². The minimum atomic E-state index is -3.80. The van der Waals surface area contributed by atoms with Gasteiger partial charge in [-0.05, 0) is 24.6 Å². The molecule has 0 unspecified atom stereocenters. The lowest BCUT2D eigenvalue weighted by Crippen LogP contribution is -2.33. The van der Waals surface area contributed by atoms with Crippen molar-refractivity contribution in [1.29, 1.82) is 0 Å². The minimum Gasteiger partial charge on any atom is -0.399 e. The lowest BCUT2D eigenvalue weighted by molar-refractivity contribution is 0.435. The molecule has 112 valence electrons. The van der Waals surface area contributed by atoms with Gasteiger partial charge >= 0.3 is 0 Å². The number of halogens is 1. The van der Waals surface area contributed by atoms with E-state index in [0.717, 1.165) is 4.31 Å². The number of anilines is 1. The molecule has 0 aromatic heterocycles. The molecule has 0 radical (unpaired) electrons. The van der Waals surface area contributed by atoms with Crippen LogP contribution >= 0.6 is 11.6 Å². The molecule has 1 heterocycles. The largest absolute Gasteiger partial charge is 0.399 e. The molecule has 9 heteroatoms. The van der Waals surface area contributed by atoms with Crippen LogP contribution in [-0.2, 0) is 19.9 Å². The summed E-state index contributed by atoms with van der Waals surface area (Å²) in [6.45, 7) is 0.119. The number of nitrogens with two attached hydrogens (primary N) is 1. The van der Waals surface area contributed by atoms with E-state index in [1.807, 2.05) is 0 Å². The molecule has 1 aliphatic heterocycles. The highest BCUT2D eigenvalue weighted by molar-refractivity contribution is 7.91. The van der Waals surface area contributed by atoms with Crippen molar-refractivity contribution in [3.05, 3.63) is 23.2 Å². The first kappa shape index (κ1) is 15.6. The number of nitrogen functional groups attached to an aromatic ring is 1. The van der Waals surface area contributed by atoms with Crippen LogP contribution in [0, 0.1) is 0 Å². The fourth-order valence-corrected chi connectivity index (χ4v) is 5.41. The van der Waals surface area contributed by atoms with Gasteiger partial charge in [-0.2, -0.15) is 4.31 Å². The van der Waals surface area contributed by atoms with Crippen LogP contribution in [0.3, 0.4) is 0 Å². The van der Waals surface area contributed by atoms with E-state index in [1.54, 1.807) is 0 Å². The minimum absolute atomic E-state index is 0.00842. The smallest absolute Gasteiger partial charge is 0.244 e. The Kier molecular flexibility index (Phi) is 4.29. The molecule has 0 bridgehead atoms. The third-order valence-electron chi connectivity index (χ3n) is 3.09. The van der Waals surface area contributed by atoms with E-state index in [0.29, 0.717) is 5.69 Å². The molecule has 0 spiro atoms. The van der Waals surface area contributed by atoms with Gasteiger partial charge in [0.1, 0.15) is 4.90 Å². The van der Waals surface area contributed by atoms with Gasteiger partial charge in [0, 0.05) is 18.8 Å². The van der Waals surface area contributed by atoms with Crippen LogP contribution in [0.2, 0.25) is 5.02 Å². The van der Waals surface area contributed by atoms with Crippen LogP contribution in [0.5, 0.6) is 0 Å². The zero-order chi connectivity index (χ0) is 15.0. The van der Waals surface area contributed by atoms with Gasteiger partial charge in [-0.3, -0.25) is 0 Å². The monoisotopic (exact) mass is 338 g/mol. The molecule has 0 aliphatic carbocycles. The second kappa shape index (κ2) is 5.51. The summed E-state index contributed by atoms with van der Waals surface area (Å²) in [6.07, 6.45) is 0.286. The maximum Gasteiger partial charge on any atom is 0.244 e. The van der Waals surface area contributed by atoms with E-state index < -0.39 is 19.9 Å². The normalized spacial score (nSPS) is 20.4. The molecule has 0 atom stereocenters. The highest BCUT2D eigenvalue weighted by Crippen LogP contribution is 2.27. The van der Waals surface area contributed by atoms with Crippen LogP contribution in [0.25, 0.3) is 0 Å². The van der Waals surface area contributed by atoms with Gasteiger partial charge in [0.15, 0.2) is 9.84 Å². The fourth-order valence-electron chi connectivity index (χ4n) is 2.02. The predicted molar refractivity (Wildman–Crippen MR) is 77.9 cm³/mol. The number of benzene rings is 1. The number of nitrogens with zero attached hydrogens (tertiary/aromatic N) is 1. The Bertz CT molecular complexity index is 716. The first-order valence-corrected chi connectivity index (χ1v) is 9.62. The zero-order valence-electron chi connectivity index (χ0n) is 10.6. The predicted octanol–water partition coefficient (Wildman–Crippen LogP) is 0.731. The highest BCUT2D eigenvalue weighted by atomic mass is 35.5. The van der Waals surface area contributed by atoms with Crippen molar-refractivity contribution < 1.29 is 16.8 Å². The van der Waals surface area contributed by atoms with Crippen LogP contribution in [0.4, 0.5) is 5.69 Å². The summed E-state index contributed by atoms with van der Waals surface area (Å²) in [6, 6.07) is 4.16. The summed E-state index contributed by atoms with van der Waals surface area (Å²) in [5.74, 6) is -0.159. The number of sulfone groups is 1. The molecule has 2 N–H and O–H groups in total. The molecule has 1 saturated heterocycles. The molecule has 1 aromatic rings. The van der Waals surface area contributed by atoms with Gasteiger partial charge in [-0.25, -0.2) is 16.8 Å². The molecule has 6 nitrogen and oxygen atoms in total. The Labute approximate surface area is 123 Å². The van der Waals surface area contributed by atoms with Gasteiger partial charge < -0.3 is 5.73 Å². The van der Waals surface area contributed by atoms with E-state index in [9.17, 15) is 16.8 Å². The summed E-state index contributed by atoms with van der Waals surface area (Å²) in [4.78, 5) is -0.0485. The Morgan fingerprint density at radius 3 is 2.55 bits per heavy atom. The standard InChI is InChI=1S/C11H15ClN2O4S2/c12-10-8-9(13)2-3-11(10)20(17,18)14-4-1-6-19(15,16)7-5-14/h2-3,8H,1,4-7,13H2. The Hall–Kier alpha value is -0.830. The van der Waals surface area contributed by atoms with E-state index in [1.165, 1.54) is 18.2 Å². The van der Waals surface area contributed by atoms with Gasteiger partial charge in [0.2, 0.25) is 10.0 Å². The van der Waals surface area contributed by atoms with Gasteiger partial charge in [0.25, 0.3) is 0 Å². The molecule has 1 aromatic carbocycles. The Balaban J connectivity index is 2.35. The number of hydrogen-bond acceptors (Lipinski definition) is 5. The van der Waals surface area contributed by atoms with Crippen molar-refractivity contribution in [1.82, 2.24) is 4.31 Å². The summed E-state index contributed by atoms with van der Waals surface area (Å²) in [7, 11) is -6.97. The molecular weight excluding hydrogens is 324 g/mol. The van der Waals surface area contributed by atoms with Crippen molar-refractivity contribution in [2.24, 2.45) is 0 Å². The molecule has 0 amide bonds. The highest BCUT2D eigenvalue weighted by Gasteiger charge is 2.30. The molecule has 1 fully saturated rings. The second-order valence-electron chi connectivity index (χ2n) is 4.60. The maximum absolute atomic E-state index is 12.5. The molecule has 0 saturated carbocycles. The van der Waals surface area contributed by atoms with Gasteiger partial charge in [0.05, 0.1) is 16.5 Å². The maximum atomic E-state index is 12.5. The Morgan fingerprint density at radius 2 is 1.90 bits per heavy atom. The number of rotatable bonds is 2. The van der Waals surface area contributed by atoms with Crippen molar-refractivity contribution in [3.63, 3.8) is 0 Å². The van der Waals surface area contributed by atoms with E-state index in [-0.39, 0.29) is 40.9 Å². The van der Waals surface area contributed by atoms with Crippen molar-refractivity contribution in [3.8, 4) is 0 Å². The Morgan fingerprint density at radius 1 is 1.20 bits per heavy atom. The van der Waals surface area contributed by atoms with Gasteiger partial charge in [-0.15, -0.1) is 0 Å². The van der Waals surface area contributed by atoms with E-state index >= 15 is 0 Å². The molecule has 1 aliphatic rings. The van der Waals surface area contributed by atoms with Crippen LogP contribution < -0.4 is 5.73 Å². The van der Waals surface area contributed by atoms with Gasteiger partial charge in [-0.1, -0.05) is 11.6 Å². The molecule has 2 rings (SSSR count). The fraction of sp³-hybridized carbons (Fsp3) is 0.455. The lowest BCUT2D eigenvalue weighted by atomic mass is 10.3. The summed E-state index contributed by atoms with van der Waals surface area (Å²) >= 11 is 5.93. The van der Waals surface area contributed by atoms with Crippen molar-refractivity contribution in [2.45, 2.75) is 11.3 Å². The number of sulfonamides is 1. The third kappa shape index (κ3) is 3.25. The third-order valence-corrected chi connectivity index (χ3v) is 7.19. The SMILES string of the molecule is Nc1ccc(S(=O)(=O)N2CCCS(=O)(=O)CC2)c(Cl)c1.